The van der Waals surface area contributed by atoms with Crippen molar-refractivity contribution in [2.45, 2.75) is 38.3 Å². The average molecular weight is 521 g/mol. The van der Waals surface area contributed by atoms with Crippen LogP contribution in [0.5, 0.6) is 5.75 Å². The normalized spacial score (nSPS) is 17.4. The molecule has 1 unspecified atom stereocenters. The number of hydrogen-bond acceptors (Lipinski definition) is 5. The molecule has 3 aromatic carbocycles. The molecule has 0 aliphatic carbocycles. The third-order valence-corrected chi connectivity index (χ3v) is 6.23. The smallest absolute Gasteiger partial charge is 0.416 e. The average Bonchev–Trinajstić information content (AvgIpc) is 3.34. The summed E-state index contributed by atoms with van der Waals surface area (Å²) in [4.78, 5) is 13.2. The van der Waals surface area contributed by atoms with Gasteiger partial charge in [-0.2, -0.15) is 13.2 Å². The van der Waals surface area contributed by atoms with Gasteiger partial charge in [0.25, 0.3) is 5.91 Å². The molecule has 188 valence electrons. The Hall–Kier alpha value is -3.66. The van der Waals surface area contributed by atoms with Gasteiger partial charge < -0.3 is 26.0 Å². The Balaban J connectivity index is 1.43. The third kappa shape index (κ3) is 4.48. The number of rotatable bonds is 4. The molecule has 0 radical (unpaired) electrons. The molecule has 0 fully saturated rings. The molecule has 0 saturated carbocycles. The van der Waals surface area contributed by atoms with Crippen LogP contribution in [-0.2, 0) is 12.6 Å². The molecule has 36 heavy (non-hydrogen) atoms. The molecule has 5 rings (SSSR count). The number of hydrogen-bond donors (Lipinski definition) is 4. The highest BCUT2D eigenvalue weighted by molar-refractivity contribution is 6.33. The minimum Gasteiger partial charge on any atom is -0.486 e. The Morgan fingerprint density at radius 3 is 2.53 bits per heavy atom. The molecule has 2 aliphatic heterocycles. The van der Waals surface area contributed by atoms with E-state index in [1.165, 1.54) is 24.3 Å². The molecule has 4 N–H and O–H groups in total. The lowest BCUT2D eigenvalue weighted by atomic mass is 9.97. The Kier molecular flexibility index (Phi) is 5.66. The van der Waals surface area contributed by atoms with E-state index in [4.69, 9.17) is 16.3 Å². The first-order chi connectivity index (χ1) is 16.9. The molecule has 1 amide bonds. The summed E-state index contributed by atoms with van der Waals surface area (Å²) in [6.07, 6.45) is -4.61. The van der Waals surface area contributed by atoms with Gasteiger partial charge in [0.15, 0.2) is 6.29 Å². The molecule has 0 aromatic heterocycles. The van der Waals surface area contributed by atoms with Gasteiger partial charge in [-0.05, 0) is 56.3 Å². The summed E-state index contributed by atoms with van der Waals surface area (Å²) < 4.78 is 59.0. The van der Waals surface area contributed by atoms with Crippen LogP contribution in [0.2, 0.25) is 5.02 Å². The summed E-state index contributed by atoms with van der Waals surface area (Å²) in [6, 6.07) is 10.1. The van der Waals surface area contributed by atoms with Gasteiger partial charge in [-0.1, -0.05) is 17.7 Å². The molecule has 1 atom stereocenters. The maximum atomic E-state index is 14.3. The maximum Gasteiger partial charge on any atom is 0.416 e. The number of nitrogens with one attached hydrogen (secondary N) is 4. The number of carbonyl (C=O) groups excluding carboxylic acids is 1. The number of para-hydroxylation sites is 1. The first-order valence-corrected chi connectivity index (χ1v) is 11.4. The highest BCUT2D eigenvalue weighted by Gasteiger charge is 2.39. The molecule has 0 saturated heterocycles. The zero-order chi connectivity index (χ0) is 25.8. The number of fused-ring (bicyclic) bond motifs is 3. The van der Waals surface area contributed by atoms with Crippen molar-refractivity contribution in [3.05, 3.63) is 76.1 Å². The number of halogens is 5. The Morgan fingerprint density at radius 1 is 1.14 bits per heavy atom. The lowest BCUT2D eigenvalue weighted by Gasteiger charge is -2.18. The number of ether oxygens (including phenoxy) is 1. The van der Waals surface area contributed by atoms with Crippen molar-refractivity contribution in [3.63, 3.8) is 0 Å². The van der Waals surface area contributed by atoms with E-state index in [1.54, 1.807) is 12.1 Å². The highest BCUT2D eigenvalue weighted by atomic mass is 35.5. The number of amides is 1. The third-order valence-electron chi connectivity index (χ3n) is 5.91. The molecule has 0 bridgehead atoms. The van der Waals surface area contributed by atoms with Crippen molar-refractivity contribution in [1.29, 1.82) is 0 Å². The van der Waals surface area contributed by atoms with Crippen LogP contribution in [0, 0.1) is 5.82 Å². The van der Waals surface area contributed by atoms with Crippen molar-refractivity contribution < 1.29 is 27.1 Å². The van der Waals surface area contributed by atoms with Crippen LogP contribution in [0.15, 0.2) is 48.5 Å². The van der Waals surface area contributed by atoms with E-state index in [0.29, 0.717) is 23.5 Å². The van der Waals surface area contributed by atoms with Gasteiger partial charge in [-0.15, -0.1) is 0 Å². The monoisotopic (exact) mass is 520 g/mol. The van der Waals surface area contributed by atoms with Crippen molar-refractivity contribution in [2.75, 3.05) is 21.3 Å². The van der Waals surface area contributed by atoms with Gasteiger partial charge in [0.1, 0.15) is 17.2 Å². The Bertz CT molecular complexity index is 1340. The fraction of sp³-hybridized carbons (Fsp3) is 0.240. The predicted octanol–water partition coefficient (Wildman–Crippen LogP) is 6.70. The second-order valence-electron chi connectivity index (χ2n) is 9.18. The van der Waals surface area contributed by atoms with Gasteiger partial charge in [0.2, 0.25) is 0 Å². The summed E-state index contributed by atoms with van der Waals surface area (Å²) in [5, 5.41) is 12.2. The quantitative estimate of drug-likeness (QED) is 0.288. The van der Waals surface area contributed by atoms with Crippen LogP contribution in [0.4, 0.5) is 40.3 Å². The summed E-state index contributed by atoms with van der Waals surface area (Å²) in [5.74, 6) is -0.683. The fourth-order valence-electron chi connectivity index (χ4n) is 4.32. The van der Waals surface area contributed by atoms with Crippen molar-refractivity contribution in [3.8, 4) is 5.75 Å². The van der Waals surface area contributed by atoms with Gasteiger partial charge in [0, 0.05) is 17.7 Å². The molecule has 2 aliphatic rings. The molecule has 6 nitrogen and oxygen atoms in total. The SMILES string of the molecule is CC1(C)Cc2c3c(cc(C(=O)Nc4ccc(C(F)(F)F)cc4)c2O1)NC(Nc1c(F)cccc1Cl)N3. The largest absolute Gasteiger partial charge is 0.486 e. The first kappa shape index (κ1) is 24.1. The zero-order valence-corrected chi connectivity index (χ0v) is 19.9. The van der Waals surface area contributed by atoms with Gasteiger partial charge in [0.05, 0.1) is 33.2 Å². The molecule has 2 heterocycles. The second kappa shape index (κ2) is 8.48. The molecular weight excluding hydrogens is 500 g/mol. The molecule has 11 heteroatoms. The fourth-order valence-corrected chi connectivity index (χ4v) is 4.54. The lowest BCUT2D eigenvalue weighted by molar-refractivity contribution is -0.137. The first-order valence-electron chi connectivity index (χ1n) is 11.0. The maximum absolute atomic E-state index is 14.3. The number of carbonyl (C=O) groups is 1. The van der Waals surface area contributed by atoms with Crippen LogP contribution in [0.3, 0.4) is 0 Å². The molecule has 0 spiro atoms. The molecule has 3 aromatic rings. The standard InChI is InChI=1S/C25H21ClF4N4O2/c1-24(2)11-15-19-18(32-23(33-19)34-20-16(26)4-3-5-17(20)27)10-14(21(15)36-24)22(35)31-13-8-6-12(7-9-13)25(28,29)30/h3-10,23,32-34H,11H2,1-2H3,(H,31,35). The lowest BCUT2D eigenvalue weighted by Crippen LogP contribution is -2.32. The number of benzene rings is 3. The summed E-state index contributed by atoms with van der Waals surface area (Å²) >= 11 is 6.14. The van der Waals surface area contributed by atoms with E-state index < -0.39 is 35.4 Å². The summed E-state index contributed by atoms with van der Waals surface area (Å²) in [5.41, 5.74) is 1.17. The number of anilines is 4. The van der Waals surface area contributed by atoms with E-state index >= 15 is 0 Å². The Labute approximate surface area is 209 Å². The van der Waals surface area contributed by atoms with Crippen molar-refractivity contribution in [1.82, 2.24) is 0 Å². The predicted molar refractivity (Wildman–Crippen MR) is 130 cm³/mol. The van der Waals surface area contributed by atoms with Crippen LogP contribution in [0.1, 0.15) is 35.3 Å². The van der Waals surface area contributed by atoms with Crippen LogP contribution in [0.25, 0.3) is 0 Å². The second-order valence-corrected chi connectivity index (χ2v) is 9.59. The van der Waals surface area contributed by atoms with Gasteiger partial charge in [-0.3, -0.25) is 4.79 Å². The number of alkyl halides is 3. The van der Waals surface area contributed by atoms with E-state index in [1.807, 2.05) is 13.8 Å². The minimum absolute atomic E-state index is 0.116. The van der Waals surface area contributed by atoms with E-state index in [9.17, 15) is 22.4 Å². The summed E-state index contributed by atoms with van der Waals surface area (Å²) in [6.45, 7) is 3.77. The van der Waals surface area contributed by atoms with Gasteiger partial charge in [-0.25, -0.2) is 4.39 Å². The van der Waals surface area contributed by atoms with E-state index in [-0.39, 0.29) is 22.0 Å². The van der Waals surface area contributed by atoms with Crippen molar-refractivity contribution >= 4 is 40.3 Å². The van der Waals surface area contributed by atoms with E-state index in [2.05, 4.69) is 21.3 Å². The van der Waals surface area contributed by atoms with Crippen molar-refractivity contribution in [2.24, 2.45) is 0 Å². The van der Waals surface area contributed by atoms with Crippen LogP contribution >= 0.6 is 11.6 Å². The van der Waals surface area contributed by atoms with Crippen LogP contribution in [-0.4, -0.2) is 17.8 Å². The minimum atomic E-state index is -4.47. The highest BCUT2D eigenvalue weighted by Crippen LogP contribution is 2.48. The van der Waals surface area contributed by atoms with Gasteiger partial charge >= 0.3 is 6.18 Å². The van der Waals surface area contributed by atoms with E-state index in [0.717, 1.165) is 17.7 Å². The molecular formula is C25H21ClF4N4O2. The topological polar surface area (TPSA) is 74.4 Å². The zero-order valence-electron chi connectivity index (χ0n) is 19.1. The van der Waals surface area contributed by atoms with Crippen LogP contribution < -0.4 is 26.0 Å². The summed E-state index contributed by atoms with van der Waals surface area (Å²) in [7, 11) is 0. The Morgan fingerprint density at radius 2 is 1.86 bits per heavy atom.